The van der Waals surface area contributed by atoms with Crippen molar-refractivity contribution in [3.05, 3.63) is 34.9 Å². The molecule has 0 saturated carbocycles. The Hall–Kier alpha value is -1.02. The molecule has 0 aromatic heterocycles. The van der Waals surface area contributed by atoms with E-state index >= 15 is 0 Å². The maximum Gasteiger partial charge on any atom is 0.220 e. The number of amides is 1. The summed E-state index contributed by atoms with van der Waals surface area (Å²) in [5, 5.41) is 6.91. The molecule has 1 aromatic carbocycles. The molecular weight excluding hydrogens is 487 g/mol. The number of carbonyl (C=O) groups excluding carboxylic acids is 1. The average Bonchev–Trinajstić information content (AvgIpc) is 2.66. The van der Waals surface area contributed by atoms with Gasteiger partial charge in [-0.15, -0.1) is 24.0 Å². The standard InChI is InChI=1S/C21H33ClN4O.HI/c1-5-24-20(26-12-10-16(11-13-26)14-19(27)23-4)25-15-21(2,3)17-6-8-18(22)9-7-17;/h6-9,16H,5,10-15H2,1-4H3,(H,23,27)(H,24,25);1H. The van der Waals surface area contributed by atoms with Crippen LogP contribution in [0.25, 0.3) is 0 Å². The van der Waals surface area contributed by atoms with Crippen LogP contribution in [0.5, 0.6) is 0 Å². The molecule has 7 heteroatoms. The average molecular weight is 521 g/mol. The molecule has 0 radical (unpaired) electrons. The Kier molecular flexibility index (Phi) is 10.6. The highest BCUT2D eigenvalue weighted by molar-refractivity contribution is 14.0. The molecule has 1 fully saturated rings. The van der Waals surface area contributed by atoms with Crippen LogP contribution >= 0.6 is 35.6 Å². The predicted molar refractivity (Wildman–Crippen MR) is 129 cm³/mol. The summed E-state index contributed by atoms with van der Waals surface area (Å²) >= 11 is 6.02. The van der Waals surface area contributed by atoms with Crippen molar-refractivity contribution in [3.63, 3.8) is 0 Å². The fraction of sp³-hybridized carbons (Fsp3) is 0.619. The van der Waals surface area contributed by atoms with E-state index in [2.05, 4.69) is 48.4 Å². The summed E-state index contributed by atoms with van der Waals surface area (Å²) in [5.41, 5.74) is 1.17. The van der Waals surface area contributed by atoms with Gasteiger partial charge in [-0.05, 0) is 43.4 Å². The number of aliphatic imine (C=N–C) groups is 1. The second-order valence-electron chi connectivity index (χ2n) is 7.87. The zero-order valence-corrected chi connectivity index (χ0v) is 20.5. The van der Waals surface area contributed by atoms with Gasteiger partial charge < -0.3 is 15.5 Å². The first-order chi connectivity index (χ1) is 12.9. The quantitative estimate of drug-likeness (QED) is 0.338. The number of benzene rings is 1. The maximum absolute atomic E-state index is 11.6. The molecule has 1 saturated heterocycles. The van der Waals surface area contributed by atoms with Crippen molar-refractivity contribution >= 4 is 47.4 Å². The van der Waals surface area contributed by atoms with Crippen LogP contribution in [-0.4, -0.2) is 50.0 Å². The molecule has 0 aliphatic carbocycles. The first-order valence-corrected chi connectivity index (χ1v) is 10.2. The molecule has 1 amide bonds. The van der Waals surface area contributed by atoms with Crippen LogP contribution in [0, 0.1) is 5.92 Å². The predicted octanol–water partition coefficient (Wildman–Crippen LogP) is 4.05. The molecule has 0 unspecified atom stereocenters. The third-order valence-electron chi connectivity index (χ3n) is 5.25. The third-order valence-corrected chi connectivity index (χ3v) is 5.50. The molecule has 1 aliphatic heterocycles. The second kappa shape index (κ2) is 11.9. The highest BCUT2D eigenvalue weighted by atomic mass is 127. The lowest BCUT2D eigenvalue weighted by atomic mass is 9.85. The van der Waals surface area contributed by atoms with E-state index in [0.29, 0.717) is 18.9 Å². The van der Waals surface area contributed by atoms with Crippen LogP contribution in [0.4, 0.5) is 0 Å². The minimum Gasteiger partial charge on any atom is -0.359 e. The molecule has 158 valence electrons. The van der Waals surface area contributed by atoms with Gasteiger partial charge in [-0.25, -0.2) is 0 Å². The normalized spacial score (nSPS) is 15.8. The SMILES string of the molecule is CCNC(=NCC(C)(C)c1ccc(Cl)cc1)N1CCC(CC(=O)NC)CC1.I. The third kappa shape index (κ3) is 7.43. The van der Waals surface area contributed by atoms with Gasteiger partial charge in [-0.3, -0.25) is 9.79 Å². The van der Waals surface area contributed by atoms with Crippen LogP contribution in [-0.2, 0) is 10.2 Å². The lowest BCUT2D eigenvalue weighted by molar-refractivity contribution is -0.121. The van der Waals surface area contributed by atoms with Crippen molar-refractivity contribution < 1.29 is 4.79 Å². The number of likely N-dealkylation sites (tertiary alicyclic amines) is 1. The van der Waals surface area contributed by atoms with Crippen LogP contribution in [0.3, 0.4) is 0 Å². The molecule has 28 heavy (non-hydrogen) atoms. The van der Waals surface area contributed by atoms with Gasteiger partial charge in [0.25, 0.3) is 0 Å². The number of nitrogens with one attached hydrogen (secondary N) is 2. The van der Waals surface area contributed by atoms with Gasteiger partial charge in [0.05, 0.1) is 6.54 Å². The summed E-state index contributed by atoms with van der Waals surface area (Å²) < 4.78 is 0. The van der Waals surface area contributed by atoms with Gasteiger partial charge >= 0.3 is 0 Å². The molecule has 0 bridgehead atoms. The Morgan fingerprint density at radius 1 is 1.25 bits per heavy atom. The summed E-state index contributed by atoms with van der Waals surface area (Å²) in [7, 11) is 1.70. The minimum absolute atomic E-state index is 0. The Morgan fingerprint density at radius 3 is 2.39 bits per heavy atom. The van der Waals surface area contributed by atoms with Crippen LogP contribution in [0.1, 0.15) is 45.6 Å². The smallest absolute Gasteiger partial charge is 0.220 e. The summed E-state index contributed by atoms with van der Waals surface area (Å²) in [6.07, 6.45) is 2.68. The van der Waals surface area contributed by atoms with Crippen LogP contribution in [0.15, 0.2) is 29.3 Å². The van der Waals surface area contributed by atoms with Crippen molar-refractivity contribution in [2.75, 3.05) is 33.2 Å². The molecule has 2 rings (SSSR count). The number of guanidine groups is 1. The highest BCUT2D eigenvalue weighted by Crippen LogP contribution is 2.25. The zero-order valence-electron chi connectivity index (χ0n) is 17.4. The topological polar surface area (TPSA) is 56.7 Å². The van der Waals surface area contributed by atoms with Gasteiger partial charge in [-0.2, -0.15) is 0 Å². The van der Waals surface area contributed by atoms with E-state index in [4.69, 9.17) is 16.6 Å². The van der Waals surface area contributed by atoms with Crippen molar-refractivity contribution in [3.8, 4) is 0 Å². The zero-order chi connectivity index (χ0) is 19.9. The number of carbonyl (C=O) groups is 1. The van der Waals surface area contributed by atoms with Crippen molar-refractivity contribution in [1.29, 1.82) is 0 Å². The Morgan fingerprint density at radius 2 is 1.86 bits per heavy atom. The number of nitrogens with zero attached hydrogens (tertiary/aromatic N) is 2. The number of rotatable bonds is 6. The van der Waals surface area contributed by atoms with E-state index in [1.54, 1.807) is 7.05 Å². The first kappa shape index (κ1) is 25.0. The molecule has 1 aromatic rings. The Labute approximate surface area is 191 Å². The summed E-state index contributed by atoms with van der Waals surface area (Å²) in [5.74, 6) is 1.58. The van der Waals surface area contributed by atoms with Gasteiger partial charge in [0, 0.05) is 43.5 Å². The Balaban J connectivity index is 0.00000392. The van der Waals surface area contributed by atoms with E-state index in [0.717, 1.165) is 43.5 Å². The number of hydrogen-bond donors (Lipinski definition) is 2. The molecule has 1 aliphatic rings. The monoisotopic (exact) mass is 520 g/mol. The number of piperidine rings is 1. The lowest BCUT2D eigenvalue weighted by Crippen LogP contribution is -2.46. The van der Waals surface area contributed by atoms with Crippen LogP contribution < -0.4 is 10.6 Å². The van der Waals surface area contributed by atoms with Gasteiger partial charge in [0.2, 0.25) is 5.91 Å². The summed E-state index contributed by atoms with van der Waals surface area (Å²) in [6, 6.07) is 8.03. The van der Waals surface area contributed by atoms with Gasteiger partial charge in [-0.1, -0.05) is 37.6 Å². The first-order valence-electron chi connectivity index (χ1n) is 9.85. The van der Waals surface area contributed by atoms with E-state index in [1.807, 2.05) is 12.1 Å². The highest BCUT2D eigenvalue weighted by Gasteiger charge is 2.25. The number of halogens is 2. The van der Waals surface area contributed by atoms with Crippen molar-refractivity contribution in [2.45, 2.75) is 45.4 Å². The molecule has 0 atom stereocenters. The van der Waals surface area contributed by atoms with E-state index in [9.17, 15) is 4.79 Å². The molecule has 5 nitrogen and oxygen atoms in total. The van der Waals surface area contributed by atoms with E-state index in [-0.39, 0.29) is 35.3 Å². The van der Waals surface area contributed by atoms with Crippen LogP contribution in [0.2, 0.25) is 5.02 Å². The minimum atomic E-state index is -0.0667. The second-order valence-corrected chi connectivity index (χ2v) is 8.31. The largest absolute Gasteiger partial charge is 0.359 e. The molecule has 0 spiro atoms. The van der Waals surface area contributed by atoms with Gasteiger partial charge in [0.1, 0.15) is 0 Å². The van der Waals surface area contributed by atoms with Crippen molar-refractivity contribution in [1.82, 2.24) is 15.5 Å². The Bertz CT molecular complexity index is 640. The van der Waals surface area contributed by atoms with E-state index in [1.165, 1.54) is 5.56 Å². The molecule has 1 heterocycles. The maximum atomic E-state index is 11.6. The fourth-order valence-electron chi connectivity index (χ4n) is 3.40. The van der Waals surface area contributed by atoms with E-state index < -0.39 is 0 Å². The molecular formula is C21H34ClIN4O. The summed E-state index contributed by atoms with van der Waals surface area (Å²) in [4.78, 5) is 18.8. The van der Waals surface area contributed by atoms with Gasteiger partial charge in [0.15, 0.2) is 5.96 Å². The molecule has 2 N–H and O–H groups in total. The number of hydrogen-bond acceptors (Lipinski definition) is 2. The fourth-order valence-corrected chi connectivity index (χ4v) is 3.53. The van der Waals surface area contributed by atoms with Crippen molar-refractivity contribution in [2.24, 2.45) is 10.9 Å². The lowest BCUT2D eigenvalue weighted by Gasteiger charge is -2.34. The summed E-state index contributed by atoms with van der Waals surface area (Å²) in [6.45, 7) is 9.94.